The Bertz CT molecular complexity index is 411. The molecule has 1 aliphatic heterocycles. The topological polar surface area (TPSA) is 223 Å². The number of aldehydes is 1. The van der Waals surface area contributed by atoms with Crippen molar-refractivity contribution in [1.82, 2.24) is 0 Å². The van der Waals surface area contributed by atoms with Gasteiger partial charge < -0.3 is 60.9 Å². The Labute approximate surface area is 142 Å². The molecule has 0 aromatic rings. The molecule has 0 amide bonds. The smallest absolute Gasteiger partial charge is 0.175 e. The summed E-state index contributed by atoms with van der Waals surface area (Å²) in [6, 6.07) is -1.23. The lowest BCUT2D eigenvalue weighted by Gasteiger charge is -2.40. The van der Waals surface area contributed by atoms with Crippen LogP contribution in [0.1, 0.15) is 0 Å². The van der Waals surface area contributed by atoms with E-state index in [0.717, 1.165) is 0 Å². The predicted octanol–water partition coefficient (Wildman–Crippen LogP) is -6.23. The lowest BCUT2D eigenvalue weighted by Crippen LogP contribution is -2.63. The minimum Gasteiger partial charge on any atom is -0.394 e. The number of rotatable bonds is 9. The van der Waals surface area contributed by atoms with Gasteiger partial charge in [0.2, 0.25) is 0 Å². The molecule has 12 heteroatoms. The van der Waals surface area contributed by atoms with Gasteiger partial charge in [-0.2, -0.15) is 0 Å². The first-order valence-corrected chi connectivity index (χ1v) is 7.50. The van der Waals surface area contributed by atoms with Gasteiger partial charge in [0, 0.05) is 0 Å². The minimum absolute atomic E-state index is 0.0555. The van der Waals surface area contributed by atoms with E-state index in [-0.39, 0.29) is 6.29 Å². The van der Waals surface area contributed by atoms with Crippen LogP contribution in [0.3, 0.4) is 0 Å². The van der Waals surface area contributed by atoms with Gasteiger partial charge in [-0.25, -0.2) is 0 Å². The Morgan fingerprint density at radius 2 is 1.64 bits per heavy atom. The zero-order valence-electron chi connectivity index (χ0n) is 13.1. The van der Waals surface area contributed by atoms with E-state index in [1.165, 1.54) is 0 Å². The molecule has 1 heterocycles. The number of hydrogen-bond acceptors (Lipinski definition) is 12. The molecule has 0 radical (unpaired) electrons. The highest BCUT2D eigenvalue weighted by molar-refractivity contribution is 5.56. The third kappa shape index (κ3) is 5.35. The van der Waals surface area contributed by atoms with Crippen LogP contribution in [0.2, 0.25) is 0 Å². The molecule has 1 saturated heterocycles. The van der Waals surface area contributed by atoms with Crippen molar-refractivity contribution in [2.45, 2.75) is 61.2 Å². The summed E-state index contributed by atoms with van der Waals surface area (Å²) < 4.78 is 10.2. The van der Waals surface area contributed by atoms with Crippen molar-refractivity contribution in [3.63, 3.8) is 0 Å². The van der Waals surface area contributed by atoms with Crippen molar-refractivity contribution in [3.8, 4) is 0 Å². The molecule has 1 aliphatic rings. The van der Waals surface area contributed by atoms with Gasteiger partial charge in [0.05, 0.1) is 19.3 Å². The van der Waals surface area contributed by atoms with Crippen LogP contribution in [0.5, 0.6) is 0 Å². The molecule has 0 aromatic carbocycles. The summed E-state index contributed by atoms with van der Waals surface area (Å²) in [6.07, 6.45) is -15.3. The molecule has 1 fully saturated rings. The molecular weight excluding hydrogens is 346 g/mol. The van der Waals surface area contributed by atoms with Crippen LogP contribution in [0.4, 0.5) is 0 Å². The third-order valence-electron chi connectivity index (χ3n) is 3.94. The first-order chi connectivity index (χ1) is 11.6. The molecule has 0 aromatic heterocycles. The normalized spacial score (nSPS) is 36.3. The molecule has 12 nitrogen and oxygen atoms in total. The summed E-state index contributed by atoms with van der Waals surface area (Å²) in [5, 5.41) is 76.1. The Balaban J connectivity index is 2.59. The van der Waals surface area contributed by atoms with Gasteiger partial charge in [0.25, 0.3) is 0 Å². The Kier molecular flexibility index (Phi) is 8.73. The van der Waals surface area contributed by atoms with E-state index in [0.29, 0.717) is 0 Å². The second kappa shape index (κ2) is 9.80. The SMILES string of the molecule is N[C@H]1C(OCC(O)C(O)C(O)C(O)C(O)C=O)O[C@H](CO)[C@@H](O)[C@@H]1O. The molecule has 10 atom stereocenters. The fourth-order valence-electron chi connectivity index (χ4n) is 2.26. The second-order valence-corrected chi connectivity index (χ2v) is 5.78. The average molecular weight is 371 g/mol. The van der Waals surface area contributed by atoms with Crippen molar-refractivity contribution in [2.24, 2.45) is 5.73 Å². The highest BCUT2D eigenvalue weighted by atomic mass is 16.7. The summed E-state index contributed by atoms with van der Waals surface area (Å²) in [7, 11) is 0. The molecule has 0 saturated carbocycles. The zero-order chi connectivity index (χ0) is 19.3. The summed E-state index contributed by atoms with van der Waals surface area (Å²) in [4.78, 5) is 10.3. The van der Waals surface area contributed by atoms with E-state index in [1.54, 1.807) is 0 Å². The van der Waals surface area contributed by atoms with Gasteiger partial charge in [0.1, 0.15) is 48.8 Å². The molecule has 148 valence electrons. The fraction of sp³-hybridized carbons (Fsp3) is 0.923. The number of carbonyl (C=O) groups excluding carboxylic acids is 1. The first kappa shape index (κ1) is 22.3. The van der Waals surface area contributed by atoms with Crippen LogP contribution in [-0.4, -0.2) is 122 Å². The number of ether oxygens (including phenoxy) is 2. The molecule has 10 N–H and O–H groups in total. The summed E-state index contributed by atoms with van der Waals surface area (Å²) in [5.74, 6) is 0. The second-order valence-electron chi connectivity index (χ2n) is 5.78. The van der Waals surface area contributed by atoms with Crippen molar-refractivity contribution >= 4 is 6.29 Å². The van der Waals surface area contributed by atoms with Crippen LogP contribution in [0.25, 0.3) is 0 Å². The molecule has 0 bridgehead atoms. The van der Waals surface area contributed by atoms with E-state index in [4.69, 9.17) is 25.4 Å². The zero-order valence-corrected chi connectivity index (χ0v) is 13.1. The van der Waals surface area contributed by atoms with E-state index >= 15 is 0 Å². The maximum atomic E-state index is 10.3. The largest absolute Gasteiger partial charge is 0.394 e. The fourth-order valence-corrected chi connectivity index (χ4v) is 2.26. The minimum atomic E-state index is -2.06. The predicted molar refractivity (Wildman–Crippen MR) is 77.8 cm³/mol. The maximum absolute atomic E-state index is 10.3. The van der Waals surface area contributed by atoms with Gasteiger partial charge in [-0.3, -0.25) is 0 Å². The summed E-state index contributed by atoms with van der Waals surface area (Å²) in [6.45, 7) is -1.31. The van der Waals surface area contributed by atoms with Gasteiger partial charge in [-0.1, -0.05) is 0 Å². The number of carbonyl (C=O) groups is 1. The highest BCUT2D eigenvalue weighted by Crippen LogP contribution is 2.21. The van der Waals surface area contributed by atoms with Crippen LogP contribution >= 0.6 is 0 Å². The van der Waals surface area contributed by atoms with Gasteiger partial charge in [-0.05, 0) is 0 Å². The maximum Gasteiger partial charge on any atom is 0.175 e. The van der Waals surface area contributed by atoms with E-state index in [2.05, 4.69) is 0 Å². The van der Waals surface area contributed by atoms with Gasteiger partial charge in [-0.15, -0.1) is 0 Å². The van der Waals surface area contributed by atoms with Crippen LogP contribution in [0, 0.1) is 0 Å². The first-order valence-electron chi connectivity index (χ1n) is 7.50. The average Bonchev–Trinajstić information content (AvgIpc) is 2.62. The van der Waals surface area contributed by atoms with Crippen molar-refractivity contribution in [1.29, 1.82) is 0 Å². The molecular formula is C13H25NO11. The molecule has 25 heavy (non-hydrogen) atoms. The summed E-state index contributed by atoms with van der Waals surface area (Å²) >= 11 is 0. The molecule has 0 aliphatic carbocycles. The van der Waals surface area contributed by atoms with Crippen molar-refractivity contribution in [3.05, 3.63) is 0 Å². The Hall–Kier alpha value is -0.770. The number of nitrogens with two attached hydrogens (primary N) is 1. The van der Waals surface area contributed by atoms with E-state index in [1.807, 2.05) is 0 Å². The third-order valence-corrected chi connectivity index (χ3v) is 3.94. The van der Waals surface area contributed by atoms with Crippen LogP contribution in [0.15, 0.2) is 0 Å². The van der Waals surface area contributed by atoms with Gasteiger partial charge in [0.15, 0.2) is 12.6 Å². The monoisotopic (exact) mass is 371 g/mol. The molecule has 1 rings (SSSR count). The van der Waals surface area contributed by atoms with Crippen molar-refractivity contribution < 1.29 is 55.1 Å². The van der Waals surface area contributed by atoms with E-state index in [9.17, 15) is 35.4 Å². The molecule has 0 spiro atoms. The summed E-state index contributed by atoms with van der Waals surface area (Å²) in [5.41, 5.74) is 5.61. The standard InChI is InChI=1S/C13H25NO11/c14-7-11(22)10(21)6(2-16)25-13(7)24-3-5(18)9(20)12(23)8(19)4(17)1-15/h1,4-13,16-23H,2-3,14H2/t4?,5?,6-,7-,8?,9?,10-,11-,12?,13?/m1/s1. The number of aliphatic hydroxyl groups excluding tert-OH is 8. The number of hydrogen-bond donors (Lipinski definition) is 9. The number of aliphatic hydroxyl groups is 8. The van der Waals surface area contributed by atoms with Crippen LogP contribution in [-0.2, 0) is 14.3 Å². The van der Waals surface area contributed by atoms with E-state index < -0.39 is 74.4 Å². The quantitative estimate of drug-likeness (QED) is 0.173. The lowest BCUT2D eigenvalue weighted by atomic mass is 9.97. The molecule has 6 unspecified atom stereocenters. The highest BCUT2D eigenvalue weighted by Gasteiger charge is 2.43. The van der Waals surface area contributed by atoms with Crippen LogP contribution < -0.4 is 5.73 Å². The van der Waals surface area contributed by atoms with Gasteiger partial charge >= 0.3 is 0 Å². The van der Waals surface area contributed by atoms with Crippen molar-refractivity contribution in [2.75, 3.05) is 13.2 Å². The lowest BCUT2D eigenvalue weighted by molar-refractivity contribution is -0.273. The Morgan fingerprint density at radius 1 is 1.04 bits per heavy atom. The Morgan fingerprint density at radius 3 is 2.16 bits per heavy atom.